The van der Waals surface area contributed by atoms with E-state index >= 15 is 0 Å². The molecule has 0 radical (unpaired) electrons. The second-order valence-corrected chi connectivity index (χ2v) is 9.57. The second kappa shape index (κ2) is 8.98. The van der Waals surface area contributed by atoms with E-state index in [0.29, 0.717) is 10.6 Å². The standard InChI is InChI=1S/C30H20N2O3S/c33-28(31-26-15-7-11-19-8-1-6-14-24(19)26)18-32-29(34)27(36-30(32)35)17-25-22-12-4-2-9-20(22)16-21-10-3-5-13-23(21)25/h1-17H,18H2,(H,31,33)/b27-17+. The minimum Gasteiger partial charge on any atom is -0.324 e. The number of carbonyl (C=O) groups excluding carboxylic acids is 3. The van der Waals surface area contributed by atoms with Gasteiger partial charge in [0.1, 0.15) is 6.54 Å². The Kier molecular flexibility index (Phi) is 5.51. The maximum absolute atomic E-state index is 13.2. The Bertz CT molecular complexity index is 1680. The monoisotopic (exact) mass is 488 g/mol. The number of hydrogen-bond donors (Lipinski definition) is 1. The Balaban J connectivity index is 1.30. The summed E-state index contributed by atoms with van der Waals surface area (Å²) in [5.74, 6) is -0.888. The van der Waals surface area contributed by atoms with E-state index in [2.05, 4.69) is 11.4 Å². The van der Waals surface area contributed by atoms with E-state index in [9.17, 15) is 14.4 Å². The molecule has 36 heavy (non-hydrogen) atoms. The van der Waals surface area contributed by atoms with Crippen LogP contribution in [0.2, 0.25) is 0 Å². The van der Waals surface area contributed by atoms with E-state index < -0.39 is 17.1 Å². The van der Waals surface area contributed by atoms with Crippen LogP contribution in [0.5, 0.6) is 0 Å². The fraction of sp³-hybridized carbons (Fsp3) is 0.0333. The van der Waals surface area contributed by atoms with Crippen LogP contribution >= 0.6 is 11.8 Å². The first-order chi connectivity index (χ1) is 17.6. The van der Waals surface area contributed by atoms with Crippen LogP contribution in [-0.4, -0.2) is 28.5 Å². The summed E-state index contributed by atoms with van der Waals surface area (Å²) in [7, 11) is 0. The van der Waals surface area contributed by atoms with Gasteiger partial charge >= 0.3 is 0 Å². The van der Waals surface area contributed by atoms with Gasteiger partial charge in [0.05, 0.1) is 4.91 Å². The summed E-state index contributed by atoms with van der Waals surface area (Å²) < 4.78 is 0. The average molecular weight is 489 g/mol. The molecule has 0 unspecified atom stereocenters. The zero-order chi connectivity index (χ0) is 24.6. The van der Waals surface area contributed by atoms with Crippen LogP contribution in [0.1, 0.15) is 5.56 Å². The molecule has 3 amide bonds. The third-order valence-electron chi connectivity index (χ3n) is 6.33. The lowest BCUT2D eigenvalue weighted by molar-refractivity contribution is -0.127. The third kappa shape index (κ3) is 3.91. The molecule has 0 bridgehead atoms. The predicted molar refractivity (Wildman–Crippen MR) is 147 cm³/mol. The predicted octanol–water partition coefficient (Wildman–Crippen LogP) is 6.82. The number of benzene rings is 5. The van der Waals surface area contributed by atoms with Crippen molar-refractivity contribution in [2.24, 2.45) is 0 Å². The molecule has 0 aliphatic carbocycles. The maximum Gasteiger partial charge on any atom is 0.294 e. The summed E-state index contributed by atoms with van der Waals surface area (Å²) in [6.07, 6.45) is 1.78. The molecule has 1 heterocycles. The first-order valence-corrected chi connectivity index (χ1v) is 12.3. The van der Waals surface area contributed by atoms with Gasteiger partial charge in [0.2, 0.25) is 5.91 Å². The molecule has 0 spiro atoms. The van der Waals surface area contributed by atoms with E-state index in [1.54, 1.807) is 12.1 Å². The van der Waals surface area contributed by atoms with E-state index in [4.69, 9.17) is 0 Å². The first kappa shape index (κ1) is 22.1. The molecule has 1 fully saturated rings. The highest BCUT2D eigenvalue weighted by atomic mass is 32.2. The number of rotatable bonds is 4. The van der Waals surface area contributed by atoms with Crippen LogP contribution in [0.15, 0.2) is 102 Å². The first-order valence-electron chi connectivity index (χ1n) is 11.5. The Morgan fingerprint density at radius 1 is 0.750 bits per heavy atom. The highest BCUT2D eigenvalue weighted by Gasteiger charge is 2.36. The highest BCUT2D eigenvalue weighted by molar-refractivity contribution is 8.18. The molecular weight excluding hydrogens is 468 g/mol. The largest absolute Gasteiger partial charge is 0.324 e. The third-order valence-corrected chi connectivity index (χ3v) is 7.23. The summed E-state index contributed by atoms with van der Waals surface area (Å²) in [4.78, 5) is 40.1. The maximum atomic E-state index is 13.2. The summed E-state index contributed by atoms with van der Waals surface area (Å²) >= 11 is 0.863. The van der Waals surface area contributed by atoms with Crippen molar-refractivity contribution in [1.29, 1.82) is 0 Å². The normalized spacial score (nSPS) is 14.9. The molecule has 0 saturated carbocycles. The van der Waals surface area contributed by atoms with Gasteiger partial charge in [-0.05, 0) is 62.5 Å². The molecule has 5 nitrogen and oxygen atoms in total. The van der Waals surface area contributed by atoms with Gasteiger partial charge < -0.3 is 5.32 Å². The molecule has 0 aromatic heterocycles. The lowest BCUT2D eigenvalue weighted by atomic mass is 9.96. The van der Waals surface area contributed by atoms with Gasteiger partial charge in [-0.25, -0.2) is 0 Å². The lowest BCUT2D eigenvalue weighted by Gasteiger charge is -2.14. The van der Waals surface area contributed by atoms with Crippen molar-refractivity contribution in [2.75, 3.05) is 11.9 Å². The zero-order valence-electron chi connectivity index (χ0n) is 19.1. The van der Waals surface area contributed by atoms with Crippen LogP contribution in [0.3, 0.4) is 0 Å². The van der Waals surface area contributed by atoms with Crippen molar-refractivity contribution in [3.8, 4) is 0 Å². The molecule has 6 rings (SSSR count). The molecule has 1 saturated heterocycles. The molecule has 5 aromatic rings. The van der Waals surface area contributed by atoms with Gasteiger partial charge in [-0.15, -0.1) is 0 Å². The van der Waals surface area contributed by atoms with Crippen molar-refractivity contribution in [1.82, 2.24) is 4.90 Å². The highest BCUT2D eigenvalue weighted by Crippen LogP contribution is 2.36. The van der Waals surface area contributed by atoms with Gasteiger partial charge in [0, 0.05) is 11.1 Å². The van der Waals surface area contributed by atoms with Crippen molar-refractivity contribution < 1.29 is 14.4 Å². The van der Waals surface area contributed by atoms with E-state index in [0.717, 1.165) is 54.5 Å². The quantitative estimate of drug-likeness (QED) is 0.223. The lowest BCUT2D eigenvalue weighted by Crippen LogP contribution is -2.36. The molecule has 5 aromatic carbocycles. The minimum atomic E-state index is -0.463. The second-order valence-electron chi connectivity index (χ2n) is 8.58. The van der Waals surface area contributed by atoms with Gasteiger partial charge in [0.25, 0.3) is 11.1 Å². The number of amides is 3. The molecule has 0 atom stereocenters. The Morgan fingerprint density at radius 3 is 2.03 bits per heavy atom. The smallest absolute Gasteiger partial charge is 0.294 e. The van der Waals surface area contributed by atoms with Gasteiger partial charge in [-0.2, -0.15) is 0 Å². The number of fused-ring (bicyclic) bond motifs is 3. The average Bonchev–Trinajstić information content (AvgIpc) is 3.16. The topological polar surface area (TPSA) is 66.5 Å². The van der Waals surface area contributed by atoms with Crippen LogP contribution in [0.4, 0.5) is 10.5 Å². The van der Waals surface area contributed by atoms with Gasteiger partial charge in [0.15, 0.2) is 0 Å². The van der Waals surface area contributed by atoms with Gasteiger partial charge in [-0.3, -0.25) is 19.3 Å². The number of nitrogens with zero attached hydrogens (tertiary/aromatic N) is 1. The number of carbonyl (C=O) groups is 3. The van der Waals surface area contributed by atoms with Crippen LogP contribution in [0.25, 0.3) is 38.4 Å². The molecule has 1 aliphatic heterocycles. The number of imide groups is 1. The van der Waals surface area contributed by atoms with Crippen LogP contribution in [-0.2, 0) is 9.59 Å². The summed E-state index contributed by atoms with van der Waals surface area (Å²) in [6, 6.07) is 31.4. The minimum absolute atomic E-state index is 0.305. The number of nitrogens with one attached hydrogen (secondary N) is 1. The van der Waals surface area contributed by atoms with E-state index in [-0.39, 0.29) is 6.54 Å². The number of thioether (sulfide) groups is 1. The van der Waals surface area contributed by atoms with Crippen molar-refractivity contribution >= 4 is 72.9 Å². The molecule has 1 aliphatic rings. The molecule has 174 valence electrons. The summed E-state index contributed by atoms with van der Waals surface area (Å²) in [5.41, 5.74) is 1.53. The molecule has 1 N–H and O–H groups in total. The Hall–Kier alpha value is -4.42. The number of hydrogen-bond acceptors (Lipinski definition) is 4. The number of anilines is 1. The van der Waals surface area contributed by atoms with Crippen molar-refractivity contribution in [2.45, 2.75) is 0 Å². The SMILES string of the molecule is O=C(CN1C(=O)S/C(=C/c2c3ccccc3cc3ccccc23)C1=O)Nc1cccc2ccccc12. The fourth-order valence-corrected chi connectivity index (χ4v) is 5.46. The zero-order valence-corrected chi connectivity index (χ0v) is 19.9. The Labute approximate surface area is 211 Å². The summed E-state index contributed by atoms with van der Waals surface area (Å²) in [6.45, 7) is -0.346. The van der Waals surface area contributed by atoms with Crippen molar-refractivity contribution in [3.05, 3.63) is 108 Å². The molecular formula is C30H20N2O3S. The van der Waals surface area contributed by atoms with Crippen LogP contribution in [0, 0.1) is 0 Å². The van der Waals surface area contributed by atoms with E-state index in [1.165, 1.54) is 0 Å². The van der Waals surface area contributed by atoms with Crippen molar-refractivity contribution in [3.63, 3.8) is 0 Å². The molecule has 6 heteroatoms. The Morgan fingerprint density at radius 2 is 1.33 bits per heavy atom. The van der Waals surface area contributed by atoms with Gasteiger partial charge in [-0.1, -0.05) is 84.9 Å². The fourth-order valence-electron chi connectivity index (χ4n) is 4.64. The van der Waals surface area contributed by atoms with E-state index in [1.807, 2.05) is 84.9 Å². The van der Waals surface area contributed by atoms with Crippen LogP contribution < -0.4 is 5.32 Å². The summed E-state index contributed by atoms with van der Waals surface area (Å²) in [5, 5.41) is 8.38.